The molecule has 27 heavy (non-hydrogen) atoms. The van der Waals surface area contributed by atoms with Crippen LogP contribution in [0.1, 0.15) is 16.8 Å². The van der Waals surface area contributed by atoms with Crippen LogP contribution in [-0.4, -0.2) is 14.6 Å². The molecule has 2 aromatic carbocycles. The van der Waals surface area contributed by atoms with Gasteiger partial charge in [0.1, 0.15) is 5.69 Å². The summed E-state index contributed by atoms with van der Waals surface area (Å²) in [5, 5.41) is 5.29. The van der Waals surface area contributed by atoms with Gasteiger partial charge in [0.25, 0.3) is 11.1 Å². The summed E-state index contributed by atoms with van der Waals surface area (Å²) in [6, 6.07) is 14.4. The van der Waals surface area contributed by atoms with Crippen molar-refractivity contribution in [3.05, 3.63) is 101 Å². The number of fused-ring (bicyclic) bond motifs is 1. The first-order valence-electron chi connectivity index (χ1n) is 7.95. The van der Waals surface area contributed by atoms with Crippen molar-refractivity contribution in [2.24, 2.45) is 0 Å². The molecule has 0 unspecified atom stereocenters. The molecule has 0 bridgehead atoms. The Balaban J connectivity index is 1.85. The van der Waals surface area contributed by atoms with Crippen molar-refractivity contribution < 1.29 is 0 Å². The van der Waals surface area contributed by atoms with Gasteiger partial charge in [0.05, 0.1) is 4.53 Å². The molecule has 0 atom stereocenters. The van der Waals surface area contributed by atoms with Crippen LogP contribution >= 0.6 is 34.5 Å². The lowest BCUT2D eigenvalue weighted by atomic mass is 10.1. The molecule has 2 aromatic heterocycles. The maximum Gasteiger partial charge on any atom is 0.296 e. The largest absolute Gasteiger partial charge is 0.296 e. The van der Waals surface area contributed by atoms with E-state index in [0.717, 1.165) is 21.4 Å². The van der Waals surface area contributed by atoms with E-state index in [0.29, 0.717) is 20.1 Å². The molecule has 0 aliphatic rings. The summed E-state index contributed by atoms with van der Waals surface area (Å²) in [6.45, 7) is 0. The van der Waals surface area contributed by atoms with E-state index in [2.05, 4.69) is 10.1 Å². The highest BCUT2D eigenvalue weighted by atomic mass is 35.5. The second-order valence-electron chi connectivity index (χ2n) is 5.76. The molecule has 0 fully saturated rings. The third-order valence-electron chi connectivity index (χ3n) is 3.96. The Morgan fingerprint density at radius 2 is 1.70 bits per heavy atom. The molecule has 0 amide bonds. The van der Waals surface area contributed by atoms with Gasteiger partial charge >= 0.3 is 0 Å². The maximum absolute atomic E-state index is 12.7. The van der Waals surface area contributed by atoms with Crippen LogP contribution in [0.15, 0.2) is 58.1 Å². The number of rotatable bonds is 3. The summed E-state index contributed by atoms with van der Waals surface area (Å²) in [5.41, 5.74) is 0.807. The van der Waals surface area contributed by atoms with E-state index in [-0.39, 0.29) is 22.6 Å². The smallest absolute Gasteiger partial charge is 0.266 e. The Labute approximate surface area is 167 Å². The molecular weight excluding hydrogens is 405 g/mol. The van der Waals surface area contributed by atoms with Crippen LogP contribution in [-0.2, 0) is 6.42 Å². The SMILES string of the molecule is O=c1nc2s/c(=C/c3ccccc3Cl)c(=O)n2nc1Cc1ccccc1Cl. The number of aromatic nitrogens is 3. The fourth-order valence-corrected chi connectivity index (χ4v) is 3.90. The maximum atomic E-state index is 12.7. The molecule has 0 saturated heterocycles. The third kappa shape index (κ3) is 3.51. The summed E-state index contributed by atoms with van der Waals surface area (Å²) in [4.78, 5) is 29.3. The van der Waals surface area contributed by atoms with Crippen molar-refractivity contribution in [2.45, 2.75) is 6.42 Å². The normalized spacial score (nSPS) is 12.0. The molecule has 8 heteroatoms. The highest BCUT2D eigenvalue weighted by Gasteiger charge is 2.13. The second-order valence-corrected chi connectivity index (χ2v) is 7.59. The van der Waals surface area contributed by atoms with Crippen LogP contribution in [0.25, 0.3) is 11.0 Å². The first-order chi connectivity index (χ1) is 13.0. The second kappa shape index (κ2) is 7.23. The molecule has 0 radical (unpaired) electrons. The quantitative estimate of drug-likeness (QED) is 0.515. The van der Waals surface area contributed by atoms with Crippen molar-refractivity contribution in [3.8, 4) is 0 Å². The fourth-order valence-electron chi connectivity index (χ4n) is 2.61. The highest BCUT2D eigenvalue weighted by Crippen LogP contribution is 2.17. The average Bonchev–Trinajstić information content (AvgIpc) is 2.94. The first-order valence-corrected chi connectivity index (χ1v) is 9.52. The van der Waals surface area contributed by atoms with Crippen LogP contribution in [0.5, 0.6) is 0 Å². The molecule has 0 N–H and O–H groups in total. The minimum atomic E-state index is -0.472. The van der Waals surface area contributed by atoms with Gasteiger partial charge < -0.3 is 0 Å². The van der Waals surface area contributed by atoms with E-state index < -0.39 is 5.56 Å². The summed E-state index contributed by atoms with van der Waals surface area (Å²) in [6.07, 6.45) is 1.87. The number of benzene rings is 2. The predicted molar refractivity (Wildman–Crippen MR) is 108 cm³/mol. The number of hydrogen-bond donors (Lipinski definition) is 0. The fraction of sp³-hybridized carbons (Fsp3) is 0.0526. The Kier molecular flexibility index (Phi) is 4.78. The minimum absolute atomic E-state index is 0.166. The standard InChI is InChI=1S/C19H11Cl2N3O2S/c20-13-7-3-1-5-11(13)9-15-17(25)22-19-24(23-15)18(26)16(27-19)10-12-6-2-4-8-14(12)21/h1-8,10H,9H2/b16-10+. The summed E-state index contributed by atoms with van der Waals surface area (Å²) < 4.78 is 1.55. The van der Waals surface area contributed by atoms with Crippen molar-refractivity contribution in [2.75, 3.05) is 0 Å². The minimum Gasteiger partial charge on any atom is -0.266 e. The lowest BCUT2D eigenvalue weighted by Crippen LogP contribution is -2.28. The zero-order valence-electron chi connectivity index (χ0n) is 13.7. The van der Waals surface area contributed by atoms with Crippen molar-refractivity contribution in [1.82, 2.24) is 14.6 Å². The van der Waals surface area contributed by atoms with E-state index in [1.54, 1.807) is 36.4 Å². The number of hydrogen-bond acceptors (Lipinski definition) is 5. The highest BCUT2D eigenvalue weighted by molar-refractivity contribution is 7.15. The van der Waals surface area contributed by atoms with Crippen LogP contribution in [0.3, 0.4) is 0 Å². The lowest BCUT2D eigenvalue weighted by molar-refractivity contribution is 0.811. The first kappa shape index (κ1) is 17.9. The Morgan fingerprint density at radius 3 is 2.44 bits per heavy atom. The van der Waals surface area contributed by atoms with Crippen LogP contribution in [0.2, 0.25) is 10.0 Å². The van der Waals surface area contributed by atoms with Gasteiger partial charge in [-0.15, -0.1) is 0 Å². The van der Waals surface area contributed by atoms with E-state index in [1.807, 2.05) is 18.2 Å². The van der Waals surface area contributed by atoms with Gasteiger partial charge in [-0.05, 0) is 29.3 Å². The lowest BCUT2D eigenvalue weighted by Gasteiger charge is -2.02. The zero-order chi connectivity index (χ0) is 19.0. The van der Waals surface area contributed by atoms with Gasteiger partial charge in [-0.2, -0.15) is 14.6 Å². The predicted octanol–water partition coefficient (Wildman–Crippen LogP) is 2.96. The van der Waals surface area contributed by atoms with Crippen molar-refractivity contribution in [3.63, 3.8) is 0 Å². The van der Waals surface area contributed by atoms with Gasteiger partial charge in [-0.1, -0.05) is 70.9 Å². The monoisotopic (exact) mass is 415 g/mol. The van der Waals surface area contributed by atoms with E-state index >= 15 is 0 Å². The summed E-state index contributed by atoms with van der Waals surface area (Å²) >= 11 is 13.4. The van der Waals surface area contributed by atoms with Gasteiger partial charge in [-0.25, -0.2) is 0 Å². The molecule has 4 aromatic rings. The number of thiazole rings is 1. The number of nitrogens with zero attached hydrogens (tertiary/aromatic N) is 3. The molecule has 0 spiro atoms. The molecule has 4 rings (SSSR count). The number of halogens is 2. The zero-order valence-corrected chi connectivity index (χ0v) is 16.1. The Hall–Kier alpha value is -2.54. The molecule has 5 nitrogen and oxygen atoms in total. The van der Waals surface area contributed by atoms with E-state index in [4.69, 9.17) is 23.2 Å². The molecule has 2 heterocycles. The topological polar surface area (TPSA) is 64.3 Å². The van der Waals surface area contributed by atoms with Crippen LogP contribution in [0, 0.1) is 0 Å². The van der Waals surface area contributed by atoms with Gasteiger partial charge in [-0.3, -0.25) is 9.59 Å². The van der Waals surface area contributed by atoms with Gasteiger partial charge in [0.2, 0.25) is 4.96 Å². The van der Waals surface area contributed by atoms with E-state index in [1.165, 1.54) is 0 Å². The van der Waals surface area contributed by atoms with Gasteiger partial charge in [0.15, 0.2) is 0 Å². The summed E-state index contributed by atoms with van der Waals surface area (Å²) in [5.74, 6) is 0. The van der Waals surface area contributed by atoms with Crippen molar-refractivity contribution >= 4 is 45.6 Å². The summed E-state index contributed by atoms with van der Waals surface area (Å²) in [7, 11) is 0. The molecule has 0 aliphatic heterocycles. The van der Waals surface area contributed by atoms with Crippen molar-refractivity contribution in [1.29, 1.82) is 0 Å². The van der Waals surface area contributed by atoms with Crippen LogP contribution < -0.4 is 15.7 Å². The molecule has 134 valence electrons. The molecule has 0 aliphatic carbocycles. The van der Waals surface area contributed by atoms with Crippen LogP contribution in [0.4, 0.5) is 0 Å². The van der Waals surface area contributed by atoms with Gasteiger partial charge in [0, 0.05) is 16.5 Å². The Morgan fingerprint density at radius 1 is 1.00 bits per heavy atom. The Bertz CT molecular complexity index is 1330. The van der Waals surface area contributed by atoms with E-state index in [9.17, 15) is 9.59 Å². The average molecular weight is 416 g/mol. The molecule has 0 saturated carbocycles. The molecular formula is C19H11Cl2N3O2S. The third-order valence-corrected chi connectivity index (χ3v) is 5.63.